The van der Waals surface area contributed by atoms with Crippen LogP contribution in [-0.4, -0.2) is 31.1 Å². The van der Waals surface area contributed by atoms with Crippen molar-refractivity contribution < 1.29 is 0 Å². The Labute approximate surface area is 227 Å². The number of nitrogens with one attached hydrogen (secondary N) is 2. The predicted octanol–water partition coefficient (Wildman–Crippen LogP) is 8.11. The van der Waals surface area contributed by atoms with Crippen molar-refractivity contribution in [3.05, 3.63) is 83.3 Å². The van der Waals surface area contributed by atoms with E-state index in [0.717, 1.165) is 36.1 Å². The second-order valence-electron chi connectivity index (χ2n) is 10.4. The van der Waals surface area contributed by atoms with E-state index in [1.54, 1.807) is 0 Å². The van der Waals surface area contributed by atoms with Gasteiger partial charge in [0.1, 0.15) is 0 Å². The molecule has 6 nitrogen and oxygen atoms in total. The Morgan fingerprint density at radius 2 is 1.79 bits per heavy atom. The van der Waals surface area contributed by atoms with Gasteiger partial charge in [0.05, 0.1) is 17.4 Å². The highest BCUT2D eigenvalue weighted by molar-refractivity contribution is 5.82. The van der Waals surface area contributed by atoms with Crippen LogP contribution in [0.25, 0.3) is 16.5 Å². The minimum atomic E-state index is 0.639. The third kappa shape index (κ3) is 6.87. The third-order valence-corrected chi connectivity index (χ3v) is 7.30. The summed E-state index contributed by atoms with van der Waals surface area (Å²) in [5, 5.41) is 11.5. The van der Waals surface area contributed by atoms with Crippen LogP contribution in [0.3, 0.4) is 0 Å². The van der Waals surface area contributed by atoms with Gasteiger partial charge in [0.15, 0.2) is 0 Å². The molecule has 0 spiro atoms. The molecule has 200 valence electrons. The molecule has 1 aliphatic rings. The van der Waals surface area contributed by atoms with Crippen molar-refractivity contribution in [3.63, 3.8) is 0 Å². The first-order valence-corrected chi connectivity index (χ1v) is 14.0. The average Bonchev–Trinajstić information content (AvgIpc) is 3.54. The SMILES string of the molecule is C=C(CCCC)c1ccc2[nH]ncc2c1.CCC(CC)N1Cc2cnc(Nc3cc(C)cc(C)c3)nc2C1. The average molecular weight is 511 g/mol. The summed E-state index contributed by atoms with van der Waals surface area (Å²) < 4.78 is 0. The lowest BCUT2D eigenvalue weighted by Crippen LogP contribution is -2.29. The smallest absolute Gasteiger partial charge is 0.227 e. The van der Waals surface area contributed by atoms with Gasteiger partial charge in [0.25, 0.3) is 0 Å². The summed E-state index contributed by atoms with van der Waals surface area (Å²) in [7, 11) is 0. The number of anilines is 2. The number of aromatic amines is 1. The van der Waals surface area contributed by atoms with E-state index in [9.17, 15) is 0 Å². The molecule has 0 atom stereocenters. The minimum Gasteiger partial charge on any atom is -0.324 e. The van der Waals surface area contributed by atoms with Gasteiger partial charge in [-0.05, 0) is 86.1 Å². The summed E-state index contributed by atoms with van der Waals surface area (Å²) in [5.41, 5.74) is 9.51. The van der Waals surface area contributed by atoms with Crippen molar-refractivity contribution in [2.75, 3.05) is 5.32 Å². The first-order valence-electron chi connectivity index (χ1n) is 14.0. The largest absolute Gasteiger partial charge is 0.324 e. The second kappa shape index (κ2) is 12.8. The number of hydrogen-bond donors (Lipinski definition) is 2. The van der Waals surface area contributed by atoms with Gasteiger partial charge in [-0.2, -0.15) is 5.10 Å². The maximum Gasteiger partial charge on any atom is 0.227 e. The first-order chi connectivity index (χ1) is 18.4. The molecular weight excluding hydrogens is 468 g/mol. The molecule has 4 aromatic rings. The Bertz CT molecular complexity index is 1350. The zero-order valence-electron chi connectivity index (χ0n) is 23.6. The third-order valence-electron chi connectivity index (χ3n) is 7.30. The summed E-state index contributed by atoms with van der Waals surface area (Å²) in [6.45, 7) is 17.0. The Kier molecular flexibility index (Phi) is 9.29. The van der Waals surface area contributed by atoms with Gasteiger partial charge < -0.3 is 5.32 Å². The molecule has 0 saturated carbocycles. The van der Waals surface area contributed by atoms with Crippen molar-refractivity contribution in [1.82, 2.24) is 25.1 Å². The molecule has 0 amide bonds. The monoisotopic (exact) mass is 510 g/mol. The maximum atomic E-state index is 4.75. The number of unbranched alkanes of at least 4 members (excludes halogenated alkanes) is 1. The van der Waals surface area contributed by atoms with Gasteiger partial charge in [-0.1, -0.05) is 45.9 Å². The van der Waals surface area contributed by atoms with Crippen LogP contribution in [0.2, 0.25) is 0 Å². The first kappa shape index (κ1) is 27.5. The summed E-state index contributed by atoms with van der Waals surface area (Å²) in [5.74, 6) is 0.695. The summed E-state index contributed by atoms with van der Waals surface area (Å²) in [6.07, 6.45) is 9.72. The minimum absolute atomic E-state index is 0.639. The van der Waals surface area contributed by atoms with E-state index in [1.807, 2.05) is 12.4 Å². The molecule has 1 aliphatic heterocycles. The Morgan fingerprint density at radius 3 is 2.50 bits per heavy atom. The van der Waals surface area contributed by atoms with Crippen LogP contribution in [-0.2, 0) is 13.1 Å². The molecule has 38 heavy (non-hydrogen) atoms. The normalized spacial score (nSPS) is 12.9. The molecule has 3 heterocycles. The number of fused-ring (bicyclic) bond motifs is 2. The van der Waals surface area contributed by atoms with Gasteiger partial charge in [-0.3, -0.25) is 10.00 Å². The number of rotatable bonds is 9. The van der Waals surface area contributed by atoms with E-state index in [2.05, 4.69) is 103 Å². The molecule has 0 saturated heterocycles. The van der Waals surface area contributed by atoms with Gasteiger partial charge in [0, 0.05) is 42.0 Å². The molecule has 0 fully saturated rings. The standard InChI is InChI=1S/C19H26N4.C13H16N2/c1-5-17(6-2)23-11-15-10-20-19(22-18(15)12-23)21-16-8-13(3)7-14(4)9-16;1-3-4-5-10(2)11-6-7-13-12(8-11)9-14-15-13/h7-10,17H,5-6,11-12H2,1-4H3,(H,20,21,22);6-9H,2-5H2,1H3,(H,14,15). The highest BCUT2D eigenvalue weighted by Crippen LogP contribution is 2.27. The fourth-order valence-electron chi connectivity index (χ4n) is 5.17. The number of aromatic nitrogens is 4. The zero-order valence-corrected chi connectivity index (χ0v) is 23.6. The van der Waals surface area contributed by atoms with Crippen LogP contribution in [0, 0.1) is 13.8 Å². The van der Waals surface area contributed by atoms with E-state index in [4.69, 9.17) is 4.98 Å². The lowest BCUT2D eigenvalue weighted by Gasteiger charge is -2.24. The number of allylic oxidation sites excluding steroid dienone is 1. The molecule has 2 aromatic carbocycles. The molecule has 0 radical (unpaired) electrons. The number of benzene rings is 2. The van der Waals surface area contributed by atoms with Crippen molar-refractivity contribution in [3.8, 4) is 0 Å². The van der Waals surface area contributed by atoms with Crippen molar-refractivity contribution in [2.45, 2.75) is 85.9 Å². The van der Waals surface area contributed by atoms with E-state index >= 15 is 0 Å². The molecule has 2 N–H and O–H groups in total. The van der Waals surface area contributed by atoms with Gasteiger partial charge >= 0.3 is 0 Å². The van der Waals surface area contributed by atoms with Crippen LogP contribution in [0.4, 0.5) is 11.6 Å². The van der Waals surface area contributed by atoms with Crippen molar-refractivity contribution in [2.24, 2.45) is 0 Å². The predicted molar refractivity (Wildman–Crippen MR) is 160 cm³/mol. The molecule has 0 unspecified atom stereocenters. The second-order valence-corrected chi connectivity index (χ2v) is 10.4. The highest BCUT2D eigenvalue weighted by atomic mass is 15.2. The lowest BCUT2D eigenvalue weighted by molar-refractivity contribution is 0.187. The van der Waals surface area contributed by atoms with Crippen molar-refractivity contribution in [1.29, 1.82) is 0 Å². The Balaban J connectivity index is 0.000000194. The fourth-order valence-corrected chi connectivity index (χ4v) is 5.17. The molecule has 5 rings (SSSR count). The summed E-state index contributed by atoms with van der Waals surface area (Å²) >= 11 is 0. The molecular formula is C32H42N6. The van der Waals surface area contributed by atoms with E-state index < -0.39 is 0 Å². The Morgan fingerprint density at radius 1 is 1.03 bits per heavy atom. The van der Waals surface area contributed by atoms with Gasteiger partial charge in [-0.25, -0.2) is 9.97 Å². The van der Waals surface area contributed by atoms with Crippen LogP contribution in [0.5, 0.6) is 0 Å². The number of hydrogen-bond acceptors (Lipinski definition) is 5. The molecule has 6 heteroatoms. The molecule has 0 aliphatic carbocycles. The number of nitrogens with zero attached hydrogens (tertiary/aromatic N) is 4. The van der Waals surface area contributed by atoms with Gasteiger partial charge in [0.2, 0.25) is 5.95 Å². The summed E-state index contributed by atoms with van der Waals surface area (Å²) in [4.78, 5) is 11.8. The number of H-pyrrole nitrogens is 1. The van der Waals surface area contributed by atoms with Crippen LogP contribution < -0.4 is 5.32 Å². The molecule has 2 aromatic heterocycles. The summed E-state index contributed by atoms with van der Waals surface area (Å²) in [6, 6.07) is 13.4. The molecule has 0 bridgehead atoms. The topological polar surface area (TPSA) is 69.7 Å². The fraction of sp³-hybridized carbons (Fsp3) is 0.406. The van der Waals surface area contributed by atoms with Crippen LogP contribution >= 0.6 is 0 Å². The van der Waals surface area contributed by atoms with Crippen molar-refractivity contribution >= 4 is 28.1 Å². The van der Waals surface area contributed by atoms with E-state index in [0.29, 0.717) is 12.0 Å². The Hall–Kier alpha value is -3.51. The van der Waals surface area contributed by atoms with Gasteiger partial charge in [-0.15, -0.1) is 0 Å². The zero-order chi connectivity index (χ0) is 27.1. The quantitative estimate of drug-likeness (QED) is 0.238. The van der Waals surface area contributed by atoms with Crippen LogP contribution in [0.1, 0.15) is 80.8 Å². The maximum absolute atomic E-state index is 4.75. The lowest BCUT2D eigenvalue weighted by atomic mass is 10.0. The highest BCUT2D eigenvalue weighted by Gasteiger charge is 2.25. The van der Waals surface area contributed by atoms with Crippen LogP contribution in [0.15, 0.2) is 55.4 Å². The van der Waals surface area contributed by atoms with E-state index in [1.165, 1.54) is 59.2 Å². The number of aryl methyl sites for hydroxylation is 2. The van der Waals surface area contributed by atoms with E-state index in [-0.39, 0.29) is 0 Å².